The Hall–Kier alpha value is -2.23. The highest BCUT2D eigenvalue weighted by molar-refractivity contribution is 5.28. The van der Waals surface area contributed by atoms with Crippen molar-refractivity contribution < 1.29 is 9.26 Å². The first-order chi connectivity index (χ1) is 9.13. The summed E-state index contributed by atoms with van der Waals surface area (Å²) in [7, 11) is 0. The molecule has 0 bridgehead atoms. The summed E-state index contributed by atoms with van der Waals surface area (Å²) < 4.78 is 6.17. The largest absolute Gasteiger partial charge is 0.274 e. The van der Waals surface area contributed by atoms with Gasteiger partial charge in [0.05, 0.1) is 5.69 Å². The molecule has 98 valence electrons. The Balaban J connectivity index is 2.43. The Labute approximate surface area is 113 Å². The molecular weight excluding hydrogens is 236 g/mol. The average Bonchev–Trinajstić information content (AvgIpc) is 2.72. The smallest absolute Gasteiger partial charge is 0.258 e. The van der Waals surface area contributed by atoms with Crippen molar-refractivity contribution in [3.8, 4) is 5.69 Å². The van der Waals surface area contributed by atoms with Gasteiger partial charge in [0.15, 0.2) is 6.20 Å². The van der Waals surface area contributed by atoms with Crippen LogP contribution in [0.5, 0.6) is 0 Å². The molecule has 0 atom stereocenters. The molecule has 0 fully saturated rings. The number of aryl methyl sites for hydroxylation is 2. The minimum Gasteiger partial charge on any atom is -0.258 e. The van der Waals surface area contributed by atoms with Crippen LogP contribution in [0.15, 0.2) is 43.0 Å². The summed E-state index contributed by atoms with van der Waals surface area (Å²) in [6.07, 6.45) is 9.69. The number of aromatic nitrogens is 3. The first kappa shape index (κ1) is 13.2. The summed E-state index contributed by atoms with van der Waals surface area (Å²) in [5, 5.41) is 0. The molecule has 0 aliphatic rings. The van der Waals surface area contributed by atoms with Gasteiger partial charge in [-0.3, -0.25) is 4.98 Å². The number of hydrogen-bond acceptors (Lipinski definition) is 1. The third kappa shape index (κ3) is 2.78. The van der Waals surface area contributed by atoms with Gasteiger partial charge in [-0.05, 0) is 32.9 Å². The lowest BCUT2D eigenvalue weighted by atomic mass is 10.2. The van der Waals surface area contributed by atoms with Crippen LogP contribution in [0.1, 0.15) is 18.2 Å². The van der Waals surface area contributed by atoms with E-state index in [1.54, 1.807) is 0 Å². The van der Waals surface area contributed by atoms with E-state index in [2.05, 4.69) is 47.2 Å². The maximum absolute atomic E-state index is 4.21. The van der Waals surface area contributed by atoms with E-state index < -0.39 is 0 Å². The molecule has 2 aromatic heterocycles. The molecule has 0 saturated heterocycles. The second kappa shape index (κ2) is 5.61. The molecule has 2 aromatic rings. The predicted octanol–water partition coefficient (Wildman–Crippen LogP) is 1.98. The number of allylic oxidation sites excluding steroid dienone is 1. The second-order valence-corrected chi connectivity index (χ2v) is 4.58. The van der Waals surface area contributed by atoms with Crippen LogP contribution >= 0.6 is 0 Å². The molecule has 19 heavy (non-hydrogen) atoms. The van der Waals surface area contributed by atoms with Crippen molar-refractivity contribution in [2.24, 2.45) is 0 Å². The van der Waals surface area contributed by atoms with Gasteiger partial charge in [0.2, 0.25) is 6.20 Å². The molecule has 0 N–H and O–H groups in total. The minimum atomic E-state index is 0.692. The fourth-order valence-corrected chi connectivity index (χ4v) is 2.03. The van der Waals surface area contributed by atoms with Gasteiger partial charge in [-0.15, -0.1) is 0 Å². The van der Waals surface area contributed by atoms with E-state index in [1.807, 2.05) is 42.2 Å². The lowest BCUT2D eigenvalue weighted by Crippen LogP contribution is -2.43. The third-order valence-electron chi connectivity index (χ3n) is 3.06. The Kier molecular flexibility index (Phi) is 3.90. The summed E-state index contributed by atoms with van der Waals surface area (Å²) in [4.78, 5) is 4.21. The van der Waals surface area contributed by atoms with Crippen LogP contribution in [-0.4, -0.2) is 21.0 Å². The maximum atomic E-state index is 4.21. The summed E-state index contributed by atoms with van der Waals surface area (Å²) in [6.45, 7) is 10.9. The van der Waals surface area contributed by atoms with Gasteiger partial charge in [-0.25, -0.2) is 0 Å². The zero-order valence-corrected chi connectivity index (χ0v) is 11.7. The van der Waals surface area contributed by atoms with Gasteiger partial charge in [0.1, 0.15) is 12.9 Å². The summed E-state index contributed by atoms with van der Waals surface area (Å²) in [6, 6.07) is 4.11. The zero-order valence-electron chi connectivity index (χ0n) is 11.7. The first-order valence-corrected chi connectivity index (χ1v) is 6.32. The van der Waals surface area contributed by atoms with E-state index in [9.17, 15) is 0 Å². The molecule has 0 unspecified atom stereocenters. The first-order valence-electron chi connectivity index (χ1n) is 6.32. The van der Waals surface area contributed by atoms with Crippen LogP contribution in [0.4, 0.5) is 0 Å². The van der Waals surface area contributed by atoms with Crippen molar-refractivity contribution in [3.63, 3.8) is 0 Å². The number of nitrogens with zero attached hydrogens (tertiary/aromatic N) is 4. The van der Waals surface area contributed by atoms with Crippen molar-refractivity contribution >= 4 is 6.72 Å². The third-order valence-corrected chi connectivity index (χ3v) is 3.06. The number of rotatable bonds is 4. The molecule has 0 aliphatic heterocycles. The van der Waals surface area contributed by atoms with Crippen molar-refractivity contribution in [2.75, 3.05) is 0 Å². The quantitative estimate of drug-likeness (QED) is 0.606. The minimum absolute atomic E-state index is 0.692. The normalized spacial score (nSPS) is 11.1. The molecule has 2 rings (SSSR count). The number of hydrogen-bond donors (Lipinski definition) is 0. The molecule has 0 radical (unpaired) electrons. The van der Waals surface area contributed by atoms with E-state index in [1.165, 1.54) is 11.3 Å². The molecule has 0 amide bonds. The Morgan fingerprint density at radius 1 is 1.42 bits per heavy atom. The summed E-state index contributed by atoms with van der Waals surface area (Å²) >= 11 is 0. The maximum Gasteiger partial charge on any atom is 0.274 e. The van der Waals surface area contributed by atoms with Crippen LogP contribution in [0, 0.1) is 13.8 Å². The molecule has 0 aliphatic carbocycles. The molecule has 0 spiro atoms. The summed E-state index contributed by atoms with van der Waals surface area (Å²) in [5.41, 5.74) is 3.46. The van der Waals surface area contributed by atoms with E-state index in [0.29, 0.717) is 6.67 Å². The average molecular weight is 256 g/mol. The monoisotopic (exact) mass is 256 g/mol. The van der Waals surface area contributed by atoms with Gasteiger partial charge in [0.25, 0.3) is 12.4 Å². The lowest BCUT2D eigenvalue weighted by Gasteiger charge is -2.03. The molecule has 2 heterocycles. The van der Waals surface area contributed by atoms with Crippen LogP contribution < -0.4 is 4.68 Å². The van der Waals surface area contributed by atoms with E-state index in [0.717, 1.165) is 5.69 Å². The molecule has 4 heteroatoms. The van der Waals surface area contributed by atoms with E-state index in [-0.39, 0.29) is 0 Å². The van der Waals surface area contributed by atoms with Gasteiger partial charge in [0, 0.05) is 17.8 Å². The highest BCUT2D eigenvalue weighted by atomic mass is 15.4. The second-order valence-electron chi connectivity index (χ2n) is 4.58. The lowest BCUT2D eigenvalue weighted by molar-refractivity contribution is -0.713. The molecular formula is C15H20N4+2. The topological polar surface area (TPSA) is 24.7 Å². The highest BCUT2D eigenvalue weighted by Crippen LogP contribution is 2.06. The van der Waals surface area contributed by atoms with Gasteiger partial charge < -0.3 is 0 Å². The fraction of sp³-hybridized carbons (Fsp3) is 0.267. The van der Waals surface area contributed by atoms with Crippen molar-refractivity contribution in [3.05, 3.63) is 54.3 Å². The molecule has 4 nitrogen and oxygen atoms in total. The summed E-state index contributed by atoms with van der Waals surface area (Å²) in [5.74, 6) is 0. The van der Waals surface area contributed by atoms with Gasteiger partial charge in [-0.2, -0.15) is 4.58 Å². The Morgan fingerprint density at radius 2 is 2.21 bits per heavy atom. The van der Waals surface area contributed by atoms with Gasteiger partial charge >= 0.3 is 0 Å². The van der Waals surface area contributed by atoms with Crippen molar-refractivity contribution in [2.45, 2.75) is 27.4 Å². The SMILES string of the molecule is C=[N+](/C=C\C)Cn1c(C)cc[n+]1-c1cnccc1C. The van der Waals surface area contributed by atoms with Gasteiger partial charge in [-0.1, -0.05) is 9.36 Å². The van der Waals surface area contributed by atoms with Crippen molar-refractivity contribution in [1.29, 1.82) is 0 Å². The van der Waals surface area contributed by atoms with Crippen LogP contribution in [0.25, 0.3) is 5.69 Å². The van der Waals surface area contributed by atoms with E-state index in [4.69, 9.17) is 0 Å². The van der Waals surface area contributed by atoms with E-state index >= 15 is 0 Å². The highest BCUT2D eigenvalue weighted by Gasteiger charge is 2.20. The van der Waals surface area contributed by atoms with Crippen LogP contribution in [-0.2, 0) is 6.67 Å². The van der Waals surface area contributed by atoms with Crippen molar-refractivity contribution in [1.82, 2.24) is 9.67 Å². The van der Waals surface area contributed by atoms with Crippen LogP contribution in [0.3, 0.4) is 0 Å². The predicted molar refractivity (Wildman–Crippen MR) is 75.4 cm³/mol. The fourth-order valence-electron chi connectivity index (χ4n) is 2.03. The molecule has 0 aromatic carbocycles. The zero-order chi connectivity index (χ0) is 13.8. The molecule has 0 saturated carbocycles. The Bertz CT molecular complexity index is 623. The van der Waals surface area contributed by atoms with Crippen LogP contribution in [0.2, 0.25) is 0 Å². The Morgan fingerprint density at radius 3 is 2.89 bits per heavy atom. The standard InChI is InChI=1S/C15H20N4/c1-5-9-17(4)12-19-14(3)7-10-18(19)15-11-16-8-6-13(15)2/h5-11H,4,12H2,1-3H3/q+2/b9-5-. The number of pyridine rings is 1.